The van der Waals surface area contributed by atoms with Crippen molar-refractivity contribution in [2.45, 2.75) is 25.4 Å². The molecule has 0 amide bonds. The highest BCUT2D eigenvalue weighted by atomic mass is 19.1. The van der Waals surface area contributed by atoms with Crippen LogP contribution in [0.2, 0.25) is 0 Å². The normalized spacial score (nSPS) is 20.0. The lowest BCUT2D eigenvalue weighted by atomic mass is 10.1. The summed E-state index contributed by atoms with van der Waals surface area (Å²) in [5, 5.41) is 4.25. The van der Waals surface area contributed by atoms with E-state index in [1.54, 1.807) is 12.1 Å². The Kier molecular flexibility index (Phi) is 3.34. The fraction of sp³-hybridized carbons (Fsp3) is 0.400. The van der Waals surface area contributed by atoms with Gasteiger partial charge >= 0.3 is 0 Å². The number of hydrogen-bond donors (Lipinski definition) is 0. The van der Waals surface area contributed by atoms with Crippen molar-refractivity contribution in [3.8, 4) is 0 Å². The number of rotatable bonds is 3. The minimum atomic E-state index is -0.158. The molecule has 0 saturated carbocycles. The molecule has 0 unspecified atom stereocenters. The molecule has 100 valence electrons. The molecule has 4 heteroatoms. The predicted molar refractivity (Wildman–Crippen MR) is 72.0 cm³/mol. The molecule has 1 aliphatic heterocycles. The lowest BCUT2D eigenvalue weighted by molar-refractivity contribution is 0.248. The molecule has 0 spiro atoms. The van der Waals surface area contributed by atoms with Gasteiger partial charge in [0, 0.05) is 31.4 Å². The van der Waals surface area contributed by atoms with Crippen LogP contribution in [0.4, 0.5) is 4.39 Å². The van der Waals surface area contributed by atoms with Crippen molar-refractivity contribution in [1.29, 1.82) is 0 Å². The quantitative estimate of drug-likeness (QED) is 0.845. The van der Waals surface area contributed by atoms with Gasteiger partial charge in [-0.15, -0.1) is 0 Å². The summed E-state index contributed by atoms with van der Waals surface area (Å²) in [5.74, 6) is -0.158. The SMILES string of the molecule is Cn1cc([C@H]2CCCN2Cc2cccc(F)c2)cn1. The number of aryl methyl sites for hydroxylation is 1. The van der Waals surface area contributed by atoms with Gasteiger partial charge in [0.15, 0.2) is 0 Å². The molecule has 3 rings (SSSR count). The smallest absolute Gasteiger partial charge is 0.123 e. The number of likely N-dealkylation sites (tertiary alicyclic amines) is 1. The third-order valence-electron chi connectivity index (χ3n) is 3.75. The van der Waals surface area contributed by atoms with Crippen molar-refractivity contribution < 1.29 is 4.39 Å². The molecule has 1 aromatic heterocycles. The highest BCUT2D eigenvalue weighted by Crippen LogP contribution is 2.32. The number of benzene rings is 1. The maximum Gasteiger partial charge on any atom is 0.123 e. The summed E-state index contributed by atoms with van der Waals surface area (Å²) in [6, 6.07) is 7.30. The average molecular weight is 259 g/mol. The molecule has 2 heterocycles. The van der Waals surface area contributed by atoms with Crippen LogP contribution in [-0.2, 0) is 13.6 Å². The summed E-state index contributed by atoms with van der Waals surface area (Å²) in [6.45, 7) is 1.87. The molecular formula is C15H18FN3. The molecule has 1 fully saturated rings. The third kappa shape index (κ3) is 2.68. The summed E-state index contributed by atoms with van der Waals surface area (Å²) in [4.78, 5) is 2.41. The van der Waals surface area contributed by atoms with E-state index in [4.69, 9.17) is 0 Å². The van der Waals surface area contributed by atoms with Crippen LogP contribution in [0.15, 0.2) is 36.7 Å². The van der Waals surface area contributed by atoms with E-state index < -0.39 is 0 Å². The van der Waals surface area contributed by atoms with E-state index >= 15 is 0 Å². The Morgan fingerprint density at radius 2 is 2.32 bits per heavy atom. The first-order valence-electron chi connectivity index (χ1n) is 6.69. The van der Waals surface area contributed by atoms with Gasteiger partial charge in [-0.3, -0.25) is 9.58 Å². The van der Waals surface area contributed by atoms with Crippen LogP contribution in [0.1, 0.15) is 30.0 Å². The van der Waals surface area contributed by atoms with Crippen LogP contribution in [0.3, 0.4) is 0 Å². The van der Waals surface area contributed by atoms with Gasteiger partial charge in [-0.05, 0) is 37.1 Å². The van der Waals surface area contributed by atoms with Crippen molar-refractivity contribution in [2.24, 2.45) is 7.05 Å². The van der Waals surface area contributed by atoms with Gasteiger partial charge in [0.2, 0.25) is 0 Å². The molecule has 0 aliphatic carbocycles. The van der Waals surface area contributed by atoms with Crippen LogP contribution in [0.25, 0.3) is 0 Å². The average Bonchev–Trinajstić information content (AvgIpc) is 2.98. The van der Waals surface area contributed by atoms with Crippen molar-refractivity contribution in [2.75, 3.05) is 6.54 Å². The zero-order valence-electron chi connectivity index (χ0n) is 11.1. The van der Waals surface area contributed by atoms with E-state index in [-0.39, 0.29) is 5.82 Å². The second-order valence-electron chi connectivity index (χ2n) is 5.21. The van der Waals surface area contributed by atoms with E-state index in [1.165, 1.54) is 18.1 Å². The maximum atomic E-state index is 13.2. The zero-order valence-corrected chi connectivity index (χ0v) is 11.1. The van der Waals surface area contributed by atoms with Crippen LogP contribution >= 0.6 is 0 Å². The number of hydrogen-bond acceptors (Lipinski definition) is 2. The standard InChI is InChI=1S/C15H18FN3/c1-18-11-13(9-17-18)15-6-3-7-19(15)10-12-4-2-5-14(16)8-12/h2,4-5,8-9,11,15H,3,6-7,10H2,1H3/t15-/m1/s1. The summed E-state index contributed by atoms with van der Waals surface area (Å²) < 4.78 is 15.1. The molecular weight excluding hydrogens is 241 g/mol. The maximum absolute atomic E-state index is 13.2. The van der Waals surface area contributed by atoms with Crippen LogP contribution < -0.4 is 0 Å². The van der Waals surface area contributed by atoms with Crippen molar-refractivity contribution >= 4 is 0 Å². The minimum Gasteiger partial charge on any atom is -0.292 e. The first-order chi connectivity index (χ1) is 9.22. The first-order valence-corrected chi connectivity index (χ1v) is 6.69. The second-order valence-corrected chi connectivity index (χ2v) is 5.21. The highest BCUT2D eigenvalue weighted by molar-refractivity contribution is 5.18. The molecule has 19 heavy (non-hydrogen) atoms. The first kappa shape index (κ1) is 12.4. The zero-order chi connectivity index (χ0) is 13.2. The molecule has 0 N–H and O–H groups in total. The Bertz CT molecular complexity index is 564. The van der Waals surface area contributed by atoms with Gasteiger partial charge in [0.05, 0.1) is 6.20 Å². The second kappa shape index (κ2) is 5.13. The monoisotopic (exact) mass is 259 g/mol. The fourth-order valence-electron chi connectivity index (χ4n) is 2.87. The number of aromatic nitrogens is 2. The Morgan fingerprint density at radius 3 is 3.05 bits per heavy atom. The lowest BCUT2D eigenvalue weighted by Crippen LogP contribution is -2.22. The summed E-state index contributed by atoms with van der Waals surface area (Å²) in [6.07, 6.45) is 6.36. The summed E-state index contributed by atoms with van der Waals surface area (Å²) in [7, 11) is 1.94. The molecule has 0 radical (unpaired) electrons. The van der Waals surface area contributed by atoms with Crippen molar-refractivity contribution in [1.82, 2.24) is 14.7 Å². The van der Waals surface area contributed by atoms with Crippen LogP contribution in [0, 0.1) is 5.82 Å². The van der Waals surface area contributed by atoms with Gasteiger partial charge in [0.1, 0.15) is 5.82 Å². The minimum absolute atomic E-state index is 0.158. The Balaban J connectivity index is 1.76. The third-order valence-corrected chi connectivity index (χ3v) is 3.75. The highest BCUT2D eigenvalue weighted by Gasteiger charge is 2.26. The molecule has 1 saturated heterocycles. The topological polar surface area (TPSA) is 21.1 Å². The van der Waals surface area contributed by atoms with Crippen LogP contribution in [-0.4, -0.2) is 21.2 Å². The Hall–Kier alpha value is -1.68. The van der Waals surface area contributed by atoms with Gasteiger partial charge < -0.3 is 0 Å². The van der Waals surface area contributed by atoms with Gasteiger partial charge in [-0.2, -0.15) is 5.10 Å². The van der Waals surface area contributed by atoms with E-state index in [1.807, 2.05) is 24.0 Å². The molecule has 3 nitrogen and oxygen atoms in total. The van der Waals surface area contributed by atoms with Gasteiger partial charge in [-0.1, -0.05) is 12.1 Å². The largest absolute Gasteiger partial charge is 0.292 e. The molecule has 2 aromatic rings. The van der Waals surface area contributed by atoms with Crippen LogP contribution in [0.5, 0.6) is 0 Å². The van der Waals surface area contributed by atoms with Crippen molar-refractivity contribution in [3.05, 3.63) is 53.6 Å². The summed E-state index contributed by atoms with van der Waals surface area (Å²) >= 11 is 0. The number of halogens is 1. The predicted octanol–water partition coefficient (Wildman–Crippen LogP) is 2.90. The molecule has 1 atom stereocenters. The molecule has 1 aromatic carbocycles. The molecule has 0 bridgehead atoms. The summed E-state index contributed by atoms with van der Waals surface area (Å²) in [5.41, 5.74) is 2.30. The van der Waals surface area contributed by atoms with Gasteiger partial charge in [-0.25, -0.2) is 4.39 Å². The Morgan fingerprint density at radius 1 is 1.42 bits per heavy atom. The lowest BCUT2D eigenvalue weighted by Gasteiger charge is -2.23. The molecule has 1 aliphatic rings. The van der Waals surface area contributed by atoms with Crippen molar-refractivity contribution in [3.63, 3.8) is 0 Å². The van der Waals surface area contributed by atoms with E-state index in [0.29, 0.717) is 6.04 Å². The Labute approximate surface area is 112 Å². The van der Waals surface area contributed by atoms with E-state index in [9.17, 15) is 4.39 Å². The van der Waals surface area contributed by atoms with E-state index in [0.717, 1.165) is 25.1 Å². The van der Waals surface area contributed by atoms with Gasteiger partial charge in [0.25, 0.3) is 0 Å². The van der Waals surface area contributed by atoms with E-state index in [2.05, 4.69) is 16.2 Å². The fourth-order valence-corrected chi connectivity index (χ4v) is 2.87. The number of nitrogens with zero attached hydrogens (tertiary/aromatic N) is 3.